The van der Waals surface area contributed by atoms with Gasteiger partial charge in [0.2, 0.25) is 0 Å². The van der Waals surface area contributed by atoms with Gasteiger partial charge in [-0.1, -0.05) is 177 Å². The van der Waals surface area contributed by atoms with Gasteiger partial charge < -0.3 is 9.13 Å². The summed E-state index contributed by atoms with van der Waals surface area (Å²) in [6.45, 7) is 2.39. The average molecular weight is 807 g/mol. The summed E-state index contributed by atoms with van der Waals surface area (Å²) in [6, 6.07) is 75.8. The molecule has 0 spiro atoms. The highest BCUT2D eigenvalue weighted by molar-refractivity contribution is 6.09. The number of benzene rings is 8. The van der Waals surface area contributed by atoms with Gasteiger partial charge in [-0.15, -0.1) is 0 Å². The molecular formula is C59H42N4. The third-order valence-electron chi connectivity index (χ3n) is 13.0. The van der Waals surface area contributed by atoms with Gasteiger partial charge in [-0.2, -0.15) is 0 Å². The third kappa shape index (κ3) is 6.30. The average Bonchev–Trinajstić information content (AvgIpc) is 3.87. The normalized spacial score (nSPS) is 14.7. The Morgan fingerprint density at radius 1 is 0.413 bits per heavy atom. The number of para-hydroxylation sites is 3. The highest BCUT2D eigenvalue weighted by Crippen LogP contribution is 2.43. The van der Waals surface area contributed by atoms with Crippen LogP contribution in [0.5, 0.6) is 0 Å². The molecule has 1 unspecified atom stereocenters. The molecule has 1 atom stereocenters. The Hall–Kier alpha value is -8.08. The summed E-state index contributed by atoms with van der Waals surface area (Å²) >= 11 is 0. The molecule has 0 aliphatic heterocycles. The van der Waals surface area contributed by atoms with Crippen molar-refractivity contribution >= 4 is 38.8 Å². The predicted molar refractivity (Wildman–Crippen MR) is 261 cm³/mol. The van der Waals surface area contributed by atoms with Gasteiger partial charge in [0.25, 0.3) is 0 Å². The van der Waals surface area contributed by atoms with Crippen molar-refractivity contribution in [3.63, 3.8) is 0 Å². The van der Waals surface area contributed by atoms with E-state index in [2.05, 4.69) is 204 Å². The van der Waals surface area contributed by atoms with Crippen LogP contribution in [0.1, 0.15) is 23.7 Å². The number of hydrogen-bond acceptors (Lipinski definition) is 2. The van der Waals surface area contributed by atoms with E-state index in [4.69, 9.17) is 9.97 Å². The van der Waals surface area contributed by atoms with Gasteiger partial charge in [-0.25, -0.2) is 9.97 Å². The molecule has 1 aliphatic carbocycles. The highest BCUT2D eigenvalue weighted by atomic mass is 15.0. The lowest BCUT2D eigenvalue weighted by atomic mass is 9.73. The first-order chi connectivity index (χ1) is 31.1. The van der Waals surface area contributed by atoms with E-state index < -0.39 is 0 Å². The van der Waals surface area contributed by atoms with Crippen LogP contribution in [0.25, 0.3) is 95.2 Å². The Labute approximate surface area is 366 Å². The number of fused-ring (bicyclic) bond motifs is 6. The summed E-state index contributed by atoms with van der Waals surface area (Å²) in [4.78, 5) is 10.1. The van der Waals surface area contributed by atoms with Crippen LogP contribution in [-0.2, 0) is 11.8 Å². The van der Waals surface area contributed by atoms with Gasteiger partial charge in [-0.05, 0) is 83.3 Å². The second-order valence-electron chi connectivity index (χ2n) is 16.9. The number of rotatable bonds is 7. The van der Waals surface area contributed by atoms with Crippen LogP contribution in [0, 0.1) is 0 Å². The highest BCUT2D eigenvalue weighted by Gasteiger charge is 2.32. The summed E-state index contributed by atoms with van der Waals surface area (Å²) in [5.74, 6) is 0.710. The molecule has 298 valence electrons. The summed E-state index contributed by atoms with van der Waals surface area (Å²) in [5, 5.41) is 3.85. The van der Waals surface area contributed by atoms with E-state index in [0.717, 1.165) is 51.3 Å². The molecule has 0 radical (unpaired) electrons. The van der Waals surface area contributed by atoms with Crippen molar-refractivity contribution in [3.8, 4) is 56.4 Å². The maximum atomic E-state index is 5.04. The molecule has 0 saturated carbocycles. The van der Waals surface area contributed by atoms with Gasteiger partial charge in [0, 0.05) is 55.3 Å². The van der Waals surface area contributed by atoms with Crippen LogP contribution in [0.2, 0.25) is 0 Å². The van der Waals surface area contributed by atoms with Crippen LogP contribution >= 0.6 is 0 Å². The zero-order valence-corrected chi connectivity index (χ0v) is 34.9. The minimum Gasteiger partial charge on any atom is -0.310 e. The van der Waals surface area contributed by atoms with E-state index in [1.807, 2.05) is 36.4 Å². The fourth-order valence-corrected chi connectivity index (χ4v) is 9.74. The van der Waals surface area contributed by atoms with Crippen molar-refractivity contribution in [1.29, 1.82) is 0 Å². The van der Waals surface area contributed by atoms with Crippen LogP contribution < -0.4 is 0 Å². The van der Waals surface area contributed by atoms with Crippen LogP contribution in [0.4, 0.5) is 0 Å². The smallest absolute Gasteiger partial charge is 0.160 e. The van der Waals surface area contributed by atoms with Crippen LogP contribution in [0.15, 0.2) is 218 Å². The largest absolute Gasteiger partial charge is 0.310 e. The van der Waals surface area contributed by atoms with Crippen LogP contribution in [-0.4, -0.2) is 19.1 Å². The van der Waals surface area contributed by atoms with Crippen molar-refractivity contribution in [2.75, 3.05) is 0 Å². The van der Waals surface area contributed by atoms with Gasteiger partial charge in [0.1, 0.15) is 0 Å². The van der Waals surface area contributed by atoms with Crippen molar-refractivity contribution < 1.29 is 0 Å². The van der Waals surface area contributed by atoms with E-state index in [0.29, 0.717) is 5.82 Å². The predicted octanol–water partition coefficient (Wildman–Crippen LogP) is 14.7. The molecule has 12 rings (SSSR count). The standard InChI is InChI=1S/C59H42N4/c1-59(45-31-34-50-48-21-11-13-23-54(48)63(57(50)37-45)46-19-9-4-10-20-46)36-35-56-51(39-59)49-22-12-14-24-55(49)62(56)47-32-29-41(30-33-47)40-25-27-44(28-26-40)58-60-52(42-15-5-2-6-16-42)38-53(61-58)43-17-7-3-8-18-43/h2-38H,39H2,1H3. The second kappa shape index (κ2) is 14.8. The maximum Gasteiger partial charge on any atom is 0.160 e. The summed E-state index contributed by atoms with van der Waals surface area (Å²) < 4.78 is 4.85. The maximum absolute atomic E-state index is 5.04. The molecule has 4 nitrogen and oxygen atoms in total. The summed E-state index contributed by atoms with van der Waals surface area (Å²) in [6.07, 6.45) is 5.69. The first-order valence-corrected chi connectivity index (χ1v) is 21.7. The fraction of sp³-hybridized carbons (Fsp3) is 0.0508. The first-order valence-electron chi connectivity index (χ1n) is 21.7. The molecule has 1 aliphatic rings. The molecule has 63 heavy (non-hydrogen) atoms. The lowest BCUT2D eigenvalue weighted by molar-refractivity contribution is 0.588. The molecule has 3 aromatic heterocycles. The minimum atomic E-state index is -0.193. The van der Waals surface area contributed by atoms with E-state index in [9.17, 15) is 0 Å². The number of hydrogen-bond donors (Lipinski definition) is 0. The number of allylic oxidation sites excluding steroid dienone is 1. The molecular weight excluding hydrogens is 765 g/mol. The second-order valence-corrected chi connectivity index (χ2v) is 16.9. The zero-order chi connectivity index (χ0) is 41.9. The summed E-state index contributed by atoms with van der Waals surface area (Å²) in [5.41, 5.74) is 17.0. The van der Waals surface area contributed by atoms with Crippen molar-refractivity contribution in [1.82, 2.24) is 19.1 Å². The first kappa shape index (κ1) is 36.7. The SMILES string of the molecule is CC1(c2ccc3c4ccccc4n(-c4ccccc4)c3c2)C=Cc2c(c3ccccc3n2-c2ccc(-c3ccc(-c4nc(-c5ccccc5)cc(-c5ccccc5)n4)cc3)cc2)C1. The molecule has 3 heterocycles. The minimum absolute atomic E-state index is 0.193. The molecule has 0 bridgehead atoms. The topological polar surface area (TPSA) is 35.6 Å². The Morgan fingerprint density at radius 2 is 0.921 bits per heavy atom. The molecule has 0 fully saturated rings. The van der Waals surface area contributed by atoms with Gasteiger partial charge in [-0.3, -0.25) is 0 Å². The van der Waals surface area contributed by atoms with Crippen molar-refractivity contribution in [2.24, 2.45) is 0 Å². The Balaban J connectivity index is 0.873. The Morgan fingerprint density at radius 3 is 1.57 bits per heavy atom. The lowest BCUT2D eigenvalue weighted by Gasteiger charge is -2.31. The van der Waals surface area contributed by atoms with Gasteiger partial charge >= 0.3 is 0 Å². The quantitative estimate of drug-likeness (QED) is 0.161. The third-order valence-corrected chi connectivity index (χ3v) is 13.0. The van der Waals surface area contributed by atoms with E-state index in [-0.39, 0.29) is 5.41 Å². The number of aromatic nitrogens is 4. The summed E-state index contributed by atoms with van der Waals surface area (Å²) in [7, 11) is 0. The van der Waals surface area contributed by atoms with Crippen molar-refractivity contribution in [3.05, 3.63) is 235 Å². The molecule has 4 heteroatoms. The van der Waals surface area contributed by atoms with E-state index >= 15 is 0 Å². The zero-order valence-electron chi connectivity index (χ0n) is 34.9. The molecule has 0 N–H and O–H groups in total. The Bertz CT molecular complexity index is 3450. The molecule has 11 aromatic rings. The molecule has 0 saturated heterocycles. The van der Waals surface area contributed by atoms with Crippen molar-refractivity contribution in [2.45, 2.75) is 18.8 Å². The molecule has 0 amide bonds. The van der Waals surface area contributed by atoms with Crippen LogP contribution in [0.3, 0.4) is 0 Å². The molecule has 8 aromatic carbocycles. The van der Waals surface area contributed by atoms with Gasteiger partial charge in [0.05, 0.1) is 27.9 Å². The Kier molecular flexibility index (Phi) is 8.65. The lowest BCUT2D eigenvalue weighted by Crippen LogP contribution is -2.25. The van der Waals surface area contributed by atoms with E-state index in [1.54, 1.807) is 0 Å². The fourth-order valence-electron chi connectivity index (χ4n) is 9.74. The van der Waals surface area contributed by atoms with Gasteiger partial charge in [0.15, 0.2) is 5.82 Å². The monoisotopic (exact) mass is 806 g/mol. The number of nitrogens with zero attached hydrogens (tertiary/aromatic N) is 4. The van der Waals surface area contributed by atoms with E-state index in [1.165, 1.54) is 55.2 Å².